The van der Waals surface area contributed by atoms with Crippen LogP contribution in [0.15, 0.2) is 11.2 Å². The van der Waals surface area contributed by atoms with Crippen LogP contribution < -0.4 is 0 Å². The fourth-order valence-corrected chi connectivity index (χ4v) is 3.42. The van der Waals surface area contributed by atoms with Gasteiger partial charge >= 0.3 is 0 Å². The lowest BCUT2D eigenvalue weighted by Crippen LogP contribution is -2.03. The Kier molecular flexibility index (Phi) is 5.22. The van der Waals surface area contributed by atoms with E-state index in [1.165, 1.54) is 11.8 Å². The standard InChI is InChI=1S/C10H15ClN2O2S2/c1-7(2)9-6-8(3)12-10(13-9)16-4-5-17(11,14)15/h6-7H,4-5H2,1-3H3. The molecule has 0 spiro atoms. The first-order valence-corrected chi connectivity index (χ1v) is 8.65. The molecule has 0 aliphatic rings. The second kappa shape index (κ2) is 6.02. The molecule has 0 aliphatic carbocycles. The van der Waals surface area contributed by atoms with E-state index in [0.717, 1.165) is 11.4 Å². The van der Waals surface area contributed by atoms with E-state index in [0.29, 0.717) is 16.8 Å². The molecule has 4 nitrogen and oxygen atoms in total. The Balaban J connectivity index is 2.71. The van der Waals surface area contributed by atoms with E-state index in [1.807, 2.05) is 13.0 Å². The molecule has 0 unspecified atom stereocenters. The van der Waals surface area contributed by atoms with Crippen LogP contribution in [0, 0.1) is 6.92 Å². The summed E-state index contributed by atoms with van der Waals surface area (Å²) in [6.07, 6.45) is 0. The van der Waals surface area contributed by atoms with Crippen molar-refractivity contribution in [2.75, 3.05) is 11.5 Å². The summed E-state index contributed by atoms with van der Waals surface area (Å²) in [5, 5.41) is 0.606. The molecule has 96 valence electrons. The normalized spacial score (nSPS) is 12.1. The second-order valence-corrected chi connectivity index (χ2v) is 7.92. The molecule has 17 heavy (non-hydrogen) atoms. The third-order valence-corrected chi connectivity index (χ3v) is 4.27. The summed E-state index contributed by atoms with van der Waals surface area (Å²) in [4.78, 5) is 8.62. The van der Waals surface area contributed by atoms with Crippen molar-refractivity contribution in [1.82, 2.24) is 9.97 Å². The molecule has 1 aromatic heterocycles. The van der Waals surface area contributed by atoms with E-state index >= 15 is 0 Å². The maximum absolute atomic E-state index is 10.8. The smallest absolute Gasteiger partial charge is 0.228 e. The molecule has 0 saturated heterocycles. The van der Waals surface area contributed by atoms with Crippen LogP contribution in [-0.2, 0) is 9.05 Å². The maximum atomic E-state index is 10.8. The Bertz CT molecular complexity index is 489. The molecule has 0 radical (unpaired) electrons. The number of hydrogen-bond donors (Lipinski definition) is 0. The minimum absolute atomic E-state index is 0.0759. The number of nitrogens with zero attached hydrogens (tertiary/aromatic N) is 2. The van der Waals surface area contributed by atoms with Gasteiger partial charge in [0.25, 0.3) is 0 Å². The van der Waals surface area contributed by atoms with Crippen LogP contribution in [0.1, 0.15) is 31.2 Å². The van der Waals surface area contributed by atoms with Gasteiger partial charge in [-0.05, 0) is 18.9 Å². The van der Waals surface area contributed by atoms with Crippen molar-refractivity contribution in [3.05, 3.63) is 17.5 Å². The molecule has 7 heteroatoms. The molecule has 0 N–H and O–H groups in total. The first-order valence-electron chi connectivity index (χ1n) is 5.18. The van der Waals surface area contributed by atoms with Crippen LogP contribution in [0.3, 0.4) is 0 Å². The molecular weight excluding hydrogens is 280 g/mol. The van der Waals surface area contributed by atoms with Gasteiger partial charge in [0.15, 0.2) is 5.16 Å². The molecular formula is C10H15ClN2O2S2. The van der Waals surface area contributed by atoms with Gasteiger partial charge < -0.3 is 0 Å². The van der Waals surface area contributed by atoms with E-state index in [4.69, 9.17) is 10.7 Å². The average Bonchev–Trinajstić information content (AvgIpc) is 2.14. The summed E-state index contributed by atoms with van der Waals surface area (Å²) in [6, 6.07) is 1.94. The Hall–Kier alpha value is -0.330. The molecule has 1 aromatic rings. The summed E-state index contributed by atoms with van der Waals surface area (Å²) in [5.41, 5.74) is 1.86. The van der Waals surface area contributed by atoms with Gasteiger partial charge in [0.05, 0.1) is 5.75 Å². The Morgan fingerprint density at radius 1 is 1.41 bits per heavy atom. The van der Waals surface area contributed by atoms with Gasteiger partial charge in [-0.25, -0.2) is 18.4 Å². The van der Waals surface area contributed by atoms with Gasteiger partial charge in [-0.2, -0.15) is 0 Å². The Labute approximate surface area is 111 Å². The maximum Gasteiger partial charge on any atom is 0.233 e. The molecule has 0 saturated carbocycles. The highest BCUT2D eigenvalue weighted by molar-refractivity contribution is 8.14. The lowest BCUT2D eigenvalue weighted by Gasteiger charge is -2.07. The lowest BCUT2D eigenvalue weighted by molar-refractivity contribution is 0.611. The van der Waals surface area contributed by atoms with Gasteiger partial charge in [-0.3, -0.25) is 0 Å². The van der Waals surface area contributed by atoms with Gasteiger partial charge in [-0.1, -0.05) is 25.6 Å². The zero-order valence-corrected chi connectivity index (χ0v) is 12.4. The van der Waals surface area contributed by atoms with E-state index in [2.05, 4.69) is 23.8 Å². The van der Waals surface area contributed by atoms with Crippen LogP contribution in [0.25, 0.3) is 0 Å². The number of rotatable bonds is 5. The predicted octanol–water partition coefficient (Wildman–Crippen LogP) is 2.57. The number of aromatic nitrogens is 2. The monoisotopic (exact) mass is 294 g/mol. The fourth-order valence-electron chi connectivity index (χ4n) is 1.16. The van der Waals surface area contributed by atoms with E-state index < -0.39 is 9.05 Å². The zero-order valence-electron chi connectivity index (χ0n) is 9.97. The third kappa shape index (κ3) is 5.70. The molecule has 1 rings (SSSR count). The van der Waals surface area contributed by atoms with Crippen LogP contribution in [0.5, 0.6) is 0 Å². The van der Waals surface area contributed by atoms with Crippen molar-refractivity contribution in [3.63, 3.8) is 0 Å². The molecule has 0 amide bonds. The van der Waals surface area contributed by atoms with Crippen molar-refractivity contribution in [2.45, 2.75) is 31.8 Å². The van der Waals surface area contributed by atoms with Crippen molar-refractivity contribution >= 4 is 31.5 Å². The number of halogens is 1. The highest BCUT2D eigenvalue weighted by Gasteiger charge is 2.09. The Morgan fingerprint density at radius 3 is 2.59 bits per heavy atom. The molecule has 0 fully saturated rings. The number of hydrogen-bond acceptors (Lipinski definition) is 5. The first-order chi connectivity index (χ1) is 7.78. The van der Waals surface area contributed by atoms with E-state index in [1.54, 1.807) is 0 Å². The minimum Gasteiger partial charge on any atom is -0.228 e. The highest BCUT2D eigenvalue weighted by Crippen LogP contribution is 2.19. The fraction of sp³-hybridized carbons (Fsp3) is 0.600. The summed E-state index contributed by atoms with van der Waals surface area (Å²) >= 11 is 1.31. The quantitative estimate of drug-likeness (QED) is 0.474. The van der Waals surface area contributed by atoms with Crippen molar-refractivity contribution in [2.24, 2.45) is 0 Å². The van der Waals surface area contributed by atoms with Gasteiger partial charge in [0.1, 0.15) is 0 Å². The average molecular weight is 295 g/mol. The van der Waals surface area contributed by atoms with Gasteiger partial charge in [0, 0.05) is 27.8 Å². The van der Waals surface area contributed by atoms with E-state index in [9.17, 15) is 8.42 Å². The first kappa shape index (κ1) is 14.7. The summed E-state index contributed by atoms with van der Waals surface area (Å²) in [6.45, 7) is 6.01. The van der Waals surface area contributed by atoms with Crippen molar-refractivity contribution < 1.29 is 8.42 Å². The summed E-state index contributed by atoms with van der Waals surface area (Å²) in [5.74, 6) is 0.619. The highest BCUT2D eigenvalue weighted by atomic mass is 35.7. The zero-order chi connectivity index (χ0) is 13.1. The molecule has 0 atom stereocenters. The van der Waals surface area contributed by atoms with Gasteiger partial charge in [0.2, 0.25) is 9.05 Å². The molecule has 0 bridgehead atoms. The summed E-state index contributed by atoms with van der Waals surface area (Å²) in [7, 11) is 1.70. The second-order valence-electron chi connectivity index (χ2n) is 3.96. The molecule has 1 heterocycles. The number of aryl methyl sites for hydroxylation is 1. The lowest BCUT2D eigenvalue weighted by atomic mass is 10.1. The largest absolute Gasteiger partial charge is 0.233 e. The number of thioether (sulfide) groups is 1. The van der Waals surface area contributed by atoms with Crippen molar-refractivity contribution in [1.29, 1.82) is 0 Å². The van der Waals surface area contributed by atoms with Crippen LogP contribution in [0.2, 0.25) is 0 Å². The Morgan fingerprint density at radius 2 is 2.06 bits per heavy atom. The van der Waals surface area contributed by atoms with Gasteiger partial charge in [-0.15, -0.1) is 0 Å². The topological polar surface area (TPSA) is 59.9 Å². The third-order valence-electron chi connectivity index (χ3n) is 2.00. The van der Waals surface area contributed by atoms with Crippen LogP contribution >= 0.6 is 22.4 Å². The molecule has 0 aromatic carbocycles. The summed E-state index contributed by atoms with van der Waals surface area (Å²) < 4.78 is 21.5. The van der Waals surface area contributed by atoms with E-state index in [-0.39, 0.29) is 5.75 Å². The molecule has 0 aliphatic heterocycles. The van der Waals surface area contributed by atoms with Crippen LogP contribution in [0.4, 0.5) is 0 Å². The minimum atomic E-state index is -3.44. The van der Waals surface area contributed by atoms with Crippen molar-refractivity contribution in [3.8, 4) is 0 Å². The van der Waals surface area contributed by atoms with Crippen LogP contribution in [-0.4, -0.2) is 29.9 Å². The SMILES string of the molecule is Cc1cc(C(C)C)nc(SCCS(=O)(=O)Cl)n1. The predicted molar refractivity (Wildman–Crippen MR) is 71.2 cm³/mol.